The average Bonchev–Trinajstić information content (AvgIpc) is 2.34. The fraction of sp³-hybridized carbons (Fsp3) is 0.333. The summed E-state index contributed by atoms with van der Waals surface area (Å²) in [5, 5.41) is 0. The standard InChI is InChI=1S/C12H12F3N3O/c1-3-7-18(4-2)11-8(10(16)19)5-6-9(17-11)12(13,14)15/h1,5-6H,4,7H2,2H3,(H2,16,19). The summed E-state index contributed by atoms with van der Waals surface area (Å²) in [6.45, 7) is 2.02. The lowest BCUT2D eigenvalue weighted by Crippen LogP contribution is -2.28. The Kier molecular flexibility index (Phi) is 4.38. The van der Waals surface area contributed by atoms with Crippen molar-refractivity contribution in [2.75, 3.05) is 18.0 Å². The van der Waals surface area contributed by atoms with E-state index in [-0.39, 0.29) is 17.9 Å². The van der Waals surface area contributed by atoms with Gasteiger partial charge in [-0.05, 0) is 19.1 Å². The van der Waals surface area contributed by atoms with Crippen LogP contribution >= 0.6 is 0 Å². The quantitative estimate of drug-likeness (QED) is 0.847. The minimum Gasteiger partial charge on any atom is -0.365 e. The molecule has 7 heteroatoms. The summed E-state index contributed by atoms with van der Waals surface area (Å²) < 4.78 is 37.8. The van der Waals surface area contributed by atoms with Crippen LogP contribution in [0, 0.1) is 12.3 Å². The Hall–Kier alpha value is -2.23. The van der Waals surface area contributed by atoms with E-state index in [1.807, 2.05) is 0 Å². The molecule has 1 aromatic rings. The molecule has 0 radical (unpaired) electrons. The highest BCUT2D eigenvalue weighted by molar-refractivity contribution is 5.97. The lowest BCUT2D eigenvalue weighted by atomic mass is 10.2. The van der Waals surface area contributed by atoms with E-state index in [0.29, 0.717) is 12.6 Å². The van der Waals surface area contributed by atoms with Crippen LogP contribution in [0.4, 0.5) is 19.0 Å². The van der Waals surface area contributed by atoms with Crippen LogP contribution < -0.4 is 10.6 Å². The number of rotatable bonds is 4. The van der Waals surface area contributed by atoms with Crippen molar-refractivity contribution in [3.05, 3.63) is 23.4 Å². The zero-order chi connectivity index (χ0) is 14.6. The van der Waals surface area contributed by atoms with Crippen LogP contribution in [0.25, 0.3) is 0 Å². The summed E-state index contributed by atoms with van der Waals surface area (Å²) in [6.07, 6.45) is 0.538. The SMILES string of the molecule is C#CCN(CC)c1nc(C(F)(F)F)ccc1C(N)=O. The highest BCUT2D eigenvalue weighted by atomic mass is 19.4. The molecule has 0 aliphatic carbocycles. The second-order valence-corrected chi connectivity index (χ2v) is 3.65. The van der Waals surface area contributed by atoms with Gasteiger partial charge < -0.3 is 10.6 Å². The molecule has 0 unspecified atom stereocenters. The number of hydrogen-bond donors (Lipinski definition) is 1. The molecule has 0 atom stereocenters. The van der Waals surface area contributed by atoms with Gasteiger partial charge in [0.15, 0.2) is 0 Å². The predicted octanol–water partition coefficient (Wildman–Crippen LogP) is 1.66. The van der Waals surface area contributed by atoms with Crippen LogP contribution in [0.3, 0.4) is 0 Å². The molecule has 1 rings (SSSR count). The molecule has 0 aliphatic heterocycles. The number of terminal acetylenes is 1. The van der Waals surface area contributed by atoms with Crippen molar-refractivity contribution in [1.29, 1.82) is 0 Å². The van der Waals surface area contributed by atoms with Gasteiger partial charge in [0.05, 0.1) is 12.1 Å². The Morgan fingerprint density at radius 1 is 1.53 bits per heavy atom. The molecular weight excluding hydrogens is 259 g/mol. The lowest BCUT2D eigenvalue weighted by molar-refractivity contribution is -0.141. The topological polar surface area (TPSA) is 59.2 Å². The number of nitrogens with two attached hydrogens (primary N) is 1. The number of amides is 1. The van der Waals surface area contributed by atoms with Crippen molar-refractivity contribution < 1.29 is 18.0 Å². The maximum absolute atomic E-state index is 12.6. The number of hydrogen-bond acceptors (Lipinski definition) is 3. The maximum Gasteiger partial charge on any atom is 0.433 e. The second kappa shape index (κ2) is 5.61. The smallest absolute Gasteiger partial charge is 0.365 e. The van der Waals surface area contributed by atoms with Gasteiger partial charge in [0.2, 0.25) is 0 Å². The number of carbonyl (C=O) groups excluding carboxylic acids is 1. The van der Waals surface area contributed by atoms with Gasteiger partial charge in [0.25, 0.3) is 5.91 Å². The molecule has 0 saturated heterocycles. The third-order valence-corrected chi connectivity index (χ3v) is 2.39. The van der Waals surface area contributed by atoms with Crippen molar-refractivity contribution >= 4 is 11.7 Å². The minimum atomic E-state index is -4.60. The van der Waals surface area contributed by atoms with Gasteiger partial charge in [-0.15, -0.1) is 6.42 Å². The van der Waals surface area contributed by atoms with Crippen LogP contribution in [0.5, 0.6) is 0 Å². The third kappa shape index (κ3) is 3.37. The number of alkyl halides is 3. The van der Waals surface area contributed by atoms with Crippen molar-refractivity contribution in [3.8, 4) is 12.3 Å². The van der Waals surface area contributed by atoms with Gasteiger partial charge >= 0.3 is 6.18 Å². The van der Waals surface area contributed by atoms with E-state index >= 15 is 0 Å². The third-order valence-electron chi connectivity index (χ3n) is 2.39. The number of nitrogens with zero attached hydrogens (tertiary/aromatic N) is 2. The van der Waals surface area contributed by atoms with E-state index < -0.39 is 17.8 Å². The number of carbonyl (C=O) groups is 1. The maximum atomic E-state index is 12.6. The first-order valence-electron chi connectivity index (χ1n) is 5.37. The fourth-order valence-electron chi connectivity index (χ4n) is 1.49. The van der Waals surface area contributed by atoms with Gasteiger partial charge in [-0.1, -0.05) is 5.92 Å². The Bertz CT molecular complexity index is 520. The molecule has 1 heterocycles. The van der Waals surface area contributed by atoms with Crippen molar-refractivity contribution in [1.82, 2.24) is 4.98 Å². The molecule has 0 saturated carbocycles. The van der Waals surface area contributed by atoms with E-state index in [9.17, 15) is 18.0 Å². The first-order chi connectivity index (χ1) is 8.81. The van der Waals surface area contributed by atoms with E-state index in [1.165, 1.54) is 4.90 Å². The first kappa shape index (κ1) is 14.8. The predicted molar refractivity (Wildman–Crippen MR) is 64.5 cm³/mol. The number of pyridine rings is 1. The molecule has 0 bridgehead atoms. The summed E-state index contributed by atoms with van der Waals surface area (Å²) in [5.74, 6) is 1.29. The second-order valence-electron chi connectivity index (χ2n) is 3.65. The van der Waals surface area contributed by atoms with E-state index in [2.05, 4.69) is 10.9 Å². The van der Waals surface area contributed by atoms with Crippen molar-refractivity contribution in [3.63, 3.8) is 0 Å². The molecule has 0 fully saturated rings. The normalized spacial score (nSPS) is 10.9. The Morgan fingerprint density at radius 3 is 2.58 bits per heavy atom. The van der Waals surface area contributed by atoms with Gasteiger partial charge in [-0.25, -0.2) is 4.98 Å². The molecule has 1 amide bonds. The van der Waals surface area contributed by atoms with Crippen LogP contribution in [-0.4, -0.2) is 24.0 Å². The summed E-state index contributed by atoms with van der Waals surface area (Å²) in [7, 11) is 0. The molecule has 19 heavy (non-hydrogen) atoms. The number of aromatic nitrogens is 1. The summed E-state index contributed by atoms with van der Waals surface area (Å²) in [5.41, 5.74) is 3.94. The fourth-order valence-corrected chi connectivity index (χ4v) is 1.49. The molecule has 4 nitrogen and oxygen atoms in total. The molecular formula is C12H12F3N3O. The number of primary amides is 1. The Balaban J connectivity index is 3.39. The van der Waals surface area contributed by atoms with Gasteiger partial charge in [0, 0.05) is 6.54 Å². The largest absolute Gasteiger partial charge is 0.433 e. The van der Waals surface area contributed by atoms with E-state index in [4.69, 9.17) is 12.2 Å². The van der Waals surface area contributed by atoms with Crippen molar-refractivity contribution in [2.45, 2.75) is 13.1 Å². The Labute approximate surface area is 108 Å². The monoisotopic (exact) mass is 271 g/mol. The van der Waals surface area contributed by atoms with Gasteiger partial charge in [-0.2, -0.15) is 13.2 Å². The van der Waals surface area contributed by atoms with Gasteiger partial charge in [0.1, 0.15) is 11.5 Å². The molecule has 0 aliphatic rings. The zero-order valence-electron chi connectivity index (χ0n) is 10.2. The number of halogens is 3. The number of anilines is 1. The van der Waals surface area contributed by atoms with Crippen LogP contribution in [0.15, 0.2) is 12.1 Å². The van der Waals surface area contributed by atoms with Crippen LogP contribution in [0.2, 0.25) is 0 Å². The van der Waals surface area contributed by atoms with Crippen molar-refractivity contribution in [2.24, 2.45) is 5.73 Å². The van der Waals surface area contributed by atoms with Gasteiger partial charge in [-0.3, -0.25) is 4.79 Å². The Morgan fingerprint density at radius 2 is 2.16 bits per heavy atom. The molecule has 102 valence electrons. The molecule has 1 aromatic heterocycles. The van der Waals surface area contributed by atoms with Crippen LogP contribution in [0.1, 0.15) is 23.0 Å². The highest BCUT2D eigenvalue weighted by Gasteiger charge is 2.34. The molecule has 2 N–H and O–H groups in total. The van der Waals surface area contributed by atoms with E-state index in [0.717, 1.165) is 6.07 Å². The van der Waals surface area contributed by atoms with E-state index in [1.54, 1.807) is 6.92 Å². The zero-order valence-corrected chi connectivity index (χ0v) is 10.2. The summed E-state index contributed by atoms with van der Waals surface area (Å²) in [4.78, 5) is 16.1. The summed E-state index contributed by atoms with van der Waals surface area (Å²) in [6, 6.07) is 1.72. The lowest BCUT2D eigenvalue weighted by Gasteiger charge is -2.22. The minimum absolute atomic E-state index is 0.0328. The molecule has 0 aromatic carbocycles. The molecule has 0 spiro atoms. The first-order valence-corrected chi connectivity index (χ1v) is 5.37. The average molecular weight is 271 g/mol. The van der Waals surface area contributed by atoms with Crippen LogP contribution in [-0.2, 0) is 6.18 Å². The highest BCUT2D eigenvalue weighted by Crippen LogP contribution is 2.30. The summed E-state index contributed by atoms with van der Waals surface area (Å²) >= 11 is 0.